The maximum Gasteiger partial charge on any atom is 0.104 e. The smallest absolute Gasteiger partial charge is 0.104 e. The van der Waals surface area contributed by atoms with Gasteiger partial charge in [0.05, 0.1) is 12.6 Å². The average Bonchev–Trinajstić information content (AvgIpc) is 2.83. The van der Waals surface area contributed by atoms with Gasteiger partial charge in [-0.15, -0.1) is 0 Å². The molecule has 2 heterocycles. The summed E-state index contributed by atoms with van der Waals surface area (Å²) in [4.78, 5) is 0.457. The summed E-state index contributed by atoms with van der Waals surface area (Å²) in [7, 11) is 0. The normalized spacial score (nSPS) is 20.1. The Hall–Kier alpha value is -1.39. The number of hydrogen-bond donors (Lipinski definition) is 1. The van der Waals surface area contributed by atoms with E-state index in [9.17, 15) is 0 Å². The summed E-state index contributed by atoms with van der Waals surface area (Å²) in [5.41, 5.74) is 7.91. The zero-order valence-electron chi connectivity index (χ0n) is 10.1. The molecule has 0 aliphatic carbocycles. The van der Waals surface area contributed by atoms with Crippen molar-refractivity contribution in [3.8, 4) is 0 Å². The Morgan fingerprint density at radius 2 is 2.28 bits per heavy atom. The van der Waals surface area contributed by atoms with E-state index in [4.69, 9.17) is 22.7 Å². The molecule has 1 atom stereocenters. The van der Waals surface area contributed by atoms with Gasteiger partial charge in [0.1, 0.15) is 4.99 Å². The van der Waals surface area contributed by atoms with Gasteiger partial charge in [0, 0.05) is 29.3 Å². The lowest BCUT2D eigenvalue weighted by molar-refractivity contribution is 0.0606. The summed E-state index contributed by atoms with van der Waals surface area (Å²) in [5.74, 6) is 0. The van der Waals surface area contributed by atoms with Crippen LogP contribution in [0.15, 0.2) is 30.5 Å². The summed E-state index contributed by atoms with van der Waals surface area (Å²) in [6, 6.07) is 8.63. The highest BCUT2D eigenvalue weighted by Crippen LogP contribution is 2.27. The molecule has 1 fully saturated rings. The van der Waals surface area contributed by atoms with Crippen molar-refractivity contribution < 1.29 is 4.74 Å². The van der Waals surface area contributed by atoms with Gasteiger partial charge in [-0.2, -0.15) is 0 Å². The minimum atomic E-state index is 0.429. The van der Waals surface area contributed by atoms with Crippen LogP contribution in [0.3, 0.4) is 0 Å². The summed E-state index contributed by atoms with van der Waals surface area (Å²) in [6.07, 6.45) is 4.41. The molecule has 2 N–H and O–H groups in total. The predicted molar refractivity (Wildman–Crippen MR) is 76.9 cm³/mol. The van der Waals surface area contributed by atoms with Gasteiger partial charge in [0.2, 0.25) is 0 Å². The van der Waals surface area contributed by atoms with Gasteiger partial charge in [-0.05, 0) is 25.0 Å². The first-order chi connectivity index (χ1) is 8.77. The van der Waals surface area contributed by atoms with Crippen LogP contribution < -0.4 is 5.73 Å². The molecule has 94 valence electrons. The zero-order valence-corrected chi connectivity index (χ0v) is 11.0. The number of benzene rings is 1. The van der Waals surface area contributed by atoms with E-state index in [0.717, 1.165) is 30.6 Å². The molecule has 1 aliphatic heterocycles. The first kappa shape index (κ1) is 11.7. The number of hydrogen-bond acceptors (Lipinski definition) is 2. The molecule has 3 rings (SSSR count). The van der Waals surface area contributed by atoms with E-state index in [2.05, 4.69) is 22.9 Å². The van der Waals surface area contributed by atoms with Gasteiger partial charge in [-0.1, -0.05) is 24.4 Å². The lowest BCUT2D eigenvalue weighted by Gasteiger charge is -2.24. The number of rotatable bonds is 2. The molecule has 0 saturated carbocycles. The second-order valence-electron chi connectivity index (χ2n) is 4.70. The van der Waals surface area contributed by atoms with Gasteiger partial charge in [0.15, 0.2) is 0 Å². The van der Waals surface area contributed by atoms with Crippen molar-refractivity contribution >= 4 is 28.1 Å². The monoisotopic (exact) mass is 260 g/mol. The number of thiocarbonyl (C=S) groups is 1. The van der Waals surface area contributed by atoms with Crippen molar-refractivity contribution in [2.75, 3.05) is 13.2 Å². The number of nitrogens with two attached hydrogens (primary N) is 1. The number of fused-ring (bicyclic) bond motifs is 1. The van der Waals surface area contributed by atoms with Crippen LogP contribution in [0.4, 0.5) is 0 Å². The third-order valence-corrected chi connectivity index (χ3v) is 3.78. The van der Waals surface area contributed by atoms with E-state index in [-0.39, 0.29) is 0 Å². The number of ether oxygens (including phenoxy) is 1. The van der Waals surface area contributed by atoms with E-state index in [1.807, 2.05) is 12.1 Å². The Morgan fingerprint density at radius 3 is 3.00 bits per heavy atom. The van der Waals surface area contributed by atoms with Crippen LogP contribution in [0.25, 0.3) is 10.9 Å². The molecule has 1 aliphatic rings. The number of aromatic nitrogens is 1. The molecular formula is C14H16N2OS. The van der Waals surface area contributed by atoms with Crippen molar-refractivity contribution in [1.82, 2.24) is 4.57 Å². The molecule has 0 spiro atoms. The molecule has 18 heavy (non-hydrogen) atoms. The fourth-order valence-corrected chi connectivity index (χ4v) is 2.84. The van der Waals surface area contributed by atoms with Crippen molar-refractivity contribution in [3.63, 3.8) is 0 Å². The molecule has 3 nitrogen and oxygen atoms in total. The van der Waals surface area contributed by atoms with E-state index >= 15 is 0 Å². The van der Waals surface area contributed by atoms with E-state index in [1.165, 1.54) is 11.9 Å². The minimum Gasteiger partial charge on any atom is -0.389 e. The molecule has 1 aromatic heterocycles. The summed E-state index contributed by atoms with van der Waals surface area (Å²) in [5, 5.41) is 1.13. The number of nitrogens with zero attached hydrogens (tertiary/aromatic N) is 1. The van der Waals surface area contributed by atoms with E-state index in [0.29, 0.717) is 11.0 Å². The molecule has 4 heteroatoms. The summed E-state index contributed by atoms with van der Waals surface area (Å²) in [6.45, 7) is 1.68. The second-order valence-corrected chi connectivity index (χ2v) is 5.14. The standard InChI is InChI=1S/C14H16N2OS/c15-14(18)12-4-1-5-13-11(12)6-7-16(13)10-3-2-8-17-9-10/h1,4-7,10H,2-3,8-9H2,(H2,15,18). The fourth-order valence-electron chi connectivity index (χ4n) is 2.66. The Kier molecular flexibility index (Phi) is 3.06. The first-order valence-electron chi connectivity index (χ1n) is 6.24. The zero-order chi connectivity index (χ0) is 12.5. The molecule has 0 bridgehead atoms. The van der Waals surface area contributed by atoms with Crippen molar-refractivity contribution in [3.05, 3.63) is 36.0 Å². The van der Waals surface area contributed by atoms with Crippen LogP contribution in [-0.2, 0) is 4.74 Å². The highest BCUT2D eigenvalue weighted by atomic mass is 32.1. The molecular weight excluding hydrogens is 244 g/mol. The van der Waals surface area contributed by atoms with E-state index < -0.39 is 0 Å². The highest BCUT2D eigenvalue weighted by Gasteiger charge is 2.18. The molecule has 0 amide bonds. The maximum atomic E-state index is 5.77. The van der Waals surface area contributed by atoms with Crippen molar-refractivity contribution in [1.29, 1.82) is 0 Å². The van der Waals surface area contributed by atoms with Crippen LogP contribution in [-0.4, -0.2) is 22.8 Å². The average molecular weight is 260 g/mol. The van der Waals surface area contributed by atoms with Gasteiger partial charge >= 0.3 is 0 Å². The molecule has 1 aromatic carbocycles. The quantitative estimate of drug-likeness (QED) is 0.844. The van der Waals surface area contributed by atoms with Gasteiger partial charge in [-0.3, -0.25) is 0 Å². The Labute approximate surface area is 112 Å². The maximum absolute atomic E-state index is 5.77. The second kappa shape index (κ2) is 4.71. The SMILES string of the molecule is NC(=S)c1cccc2c1ccn2C1CCCOC1. The van der Waals surface area contributed by atoms with Crippen molar-refractivity contribution in [2.24, 2.45) is 5.73 Å². The van der Waals surface area contributed by atoms with E-state index in [1.54, 1.807) is 0 Å². The molecule has 1 unspecified atom stereocenters. The lowest BCUT2D eigenvalue weighted by atomic mass is 10.1. The fraction of sp³-hybridized carbons (Fsp3) is 0.357. The van der Waals surface area contributed by atoms with Crippen LogP contribution >= 0.6 is 12.2 Å². The minimum absolute atomic E-state index is 0.429. The Balaban J connectivity index is 2.08. The Morgan fingerprint density at radius 1 is 1.39 bits per heavy atom. The summed E-state index contributed by atoms with van der Waals surface area (Å²) >= 11 is 5.10. The van der Waals surface area contributed by atoms with Crippen LogP contribution in [0.5, 0.6) is 0 Å². The lowest BCUT2D eigenvalue weighted by Crippen LogP contribution is -2.20. The van der Waals surface area contributed by atoms with Gasteiger partial charge in [0.25, 0.3) is 0 Å². The summed E-state index contributed by atoms with van der Waals surface area (Å²) < 4.78 is 7.85. The van der Waals surface area contributed by atoms with Gasteiger partial charge in [-0.25, -0.2) is 0 Å². The van der Waals surface area contributed by atoms with Crippen LogP contribution in [0.1, 0.15) is 24.4 Å². The first-order valence-corrected chi connectivity index (χ1v) is 6.65. The third kappa shape index (κ3) is 1.91. The topological polar surface area (TPSA) is 40.2 Å². The third-order valence-electron chi connectivity index (χ3n) is 3.56. The Bertz CT molecular complexity index is 584. The predicted octanol–water partition coefficient (Wildman–Crippen LogP) is 2.63. The molecule has 0 radical (unpaired) electrons. The molecule has 2 aromatic rings. The van der Waals surface area contributed by atoms with Crippen LogP contribution in [0, 0.1) is 0 Å². The highest BCUT2D eigenvalue weighted by molar-refractivity contribution is 7.80. The van der Waals surface area contributed by atoms with Gasteiger partial charge < -0.3 is 15.0 Å². The van der Waals surface area contributed by atoms with Crippen molar-refractivity contribution in [2.45, 2.75) is 18.9 Å². The molecule has 1 saturated heterocycles. The van der Waals surface area contributed by atoms with Crippen LogP contribution in [0.2, 0.25) is 0 Å². The largest absolute Gasteiger partial charge is 0.389 e.